The monoisotopic (exact) mass is 242 g/mol. The summed E-state index contributed by atoms with van der Waals surface area (Å²) in [6.45, 7) is 1.38. The molecule has 0 saturated carbocycles. The van der Waals surface area contributed by atoms with E-state index in [4.69, 9.17) is 11.6 Å². The van der Waals surface area contributed by atoms with Gasteiger partial charge in [-0.05, 0) is 12.1 Å². The van der Waals surface area contributed by atoms with Gasteiger partial charge in [0.2, 0.25) is 0 Å². The number of alkyl halides is 2. The van der Waals surface area contributed by atoms with Gasteiger partial charge in [-0.3, -0.25) is 0 Å². The third kappa shape index (κ3) is 1.85. The van der Waals surface area contributed by atoms with Gasteiger partial charge in [-0.15, -0.1) is 0 Å². The van der Waals surface area contributed by atoms with Crippen molar-refractivity contribution in [1.82, 2.24) is 9.97 Å². The van der Waals surface area contributed by atoms with Crippen LogP contribution in [0.2, 0.25) is 5.15 Å². The summed E-state index contributed by atoms with van der Waals surface area (Å²) in [6.07, 6.45) is -0.347. The third-order valence-electron chi connectivity index (χ3n) is 2.32. The molecule has 0 fully saturated rings. The summed E-state index contributed by atoms with van der Waals surface area (Å²) in [6, 6.07) is 6.79. The lowest BCUT2D eigenvalue weighted by Crippen LogP contribution is -2.15. The number of rotatable bonds is 2. The highest BCUT2D eigenvalue weighted by Gasteiger charge is 2.34. The lowest BCUT2D eigenvalue weighted by Gasteiger charge is -2.14. The molecule has 0 aliphatic rings. The molecule has 0 saturated heterocycles. The average molecular weight is 243 g/mol. The molecule has 0 N–H and O–H groups in total. The lowest BCUT2D eigenvalue weighted by molar-refractivity contribution is -0.0126. The summed E-state index contributed by atoms with van der Waals surface area (Å²) in [4.78, 5) is 7.79. The van der Waals surface area contributed by atoms with Gasteiger partial charge in [0.1, 0.15) is 5.69 Å². The summed E-state index contributed by atoms with van der Waals surface area (Å²) in [7, 11) is 0. The molecule has 0 bridgehead atoms. The minimum Gasteiger partial charge on any atom is -0.242 e. The van der Waals surface area contributed by atoms with Crippen LogP contribution in [-0.2, 0) is 5.92 Å². The third-order valence-corrected chi connectivity index (χ3v) is 2.58. The van der Waals surface area contributed by atoms with Gasteiger partial charge in [0.25, 0.3) is 5.92 Å². The largest absolute Gasteiger partial charge is 0.292 e. The Labute approximate surface area is 96.3 Å². The first-order valence-corrected chi connectivity index (χ1v) is 5.23. The molecule has 0 aliphatic carbocycles. The van der Waals surface area contributed by atoms with Crippen molar-refractivity contribution in [3.8, 4) is 0 Å². The highest BCUT2D eigenvalue weighted by atomic mass is 35.5. The van der Waals surface area contributed by atoms with Crippen LogP contribution >= 0.6 is 11.6 Å². The second kappa shape index (κ2) is 3.94. The zero-order chi connectivity index (χ0) is 11.8. The van der Waals surface area contributed by atoms with E-state index in [1.807, 2.05) is 0 Å². The van der Waals surface area contributed by atoms with Crippen LogP contribution in [0.5, 0.6) is 0 Å². The fourth-order valence-corrected chi connectivity index (χ4v) is 1.65. The summed E-state index contributed by atoms with van der Waals surface area (Å²) in [5.74, 6) is -3.03. The average Bonchev–Trinajstić information content (AvgIpc) is 2.28. The van der Waals surface area contributed by atoms with Crippen LogP contribution in [0.25, 0.3) is 11.0 Å². The zero-order valence-corrected chi connectivity index (χ0v) is 9.30. The predicted molar refractivity (Wildman–Crippen MR) is 58.7 cm³/mol. The van der Waals surface area contributed by atoms with Gasteiger partial charge in [0, 0.05) is 6.42 Å². The Bertz CT molecular complexity index is 528. The van der Waals surface area contributed by atoms with E-state index in [1.54, 1.807) is 24.3 Å². The molecule has 2 nitrogen and oxygen atoms in total. The van der Waals surface area contributed by atoms with Crippen LogP contribution in [0.4, 0.5) is 8.78 Å². The van der Waals surface area contributed by atoms with E-state index < -0.39 is 11.6 Å². The maximum Gasteiger partial charge on any atom is 0.292 e. The maximum atomic E-state index is 13.5. The van der Waals surface area contributed by atoms with Gasteiger partial charge < -0.3 is 0 Å². The van der Waals surface area contributed by atoms with Gasteiger partial charge in [-0.2, -0.15) is 8.78 Å². The minimum absolute atomic E-state index is 0.231. The summed E-state index contributed by atoms with van der Waals surface area (Å²) < 4.78 is 27.0. The summed E-state index contributed by atoms with van der Waals surface area (Å²) in [5, 5.41) is -0.231. The van der Waals surface area contributed by atoms with Crippen molar-refractivity contribution in [2.45, 2.75) is 19.3 Å². The number of aromatic nitrogens is 2. The molecule has 0 unspecified atom stereocenters. The predicted octanol–water partition coefficient (Wildman–Crippen LogP) is 3.79. The summed E-state index contributed by atoms with van der Waals surface area (Å²) in [5.41, 5.74) is 0.494. The van der Waals surface area contributed by atoms with E-state index >= 15 is 0 Å². The molecule has 84 valence electrons. The Balaban J connectivity index is 2.67. The molecular formula is C11H9ClF2N2. The lowest BCUT2D eigenvalue weighted by atomic mass is 10.2. The first-order chi connectivity index (χ1) is 7.54. The fraction of sp³-hybridized carbons (Fsp3) is 0.273. The fourth-order valence-electron chi connectivity index (χ4n) is 1.38. The number of hydrogen-bond acceptors (Lipinski definition) is 2. The van der Waals surface area contributed by atoms with E-state index in [0.29, 0.717) is 11.0 Å². The van der Waals surface area contributed by atoms with Crippen LogP contribution in [0.15, 0.2) is 24.3 Å². The number of halogens is 3. The zero-order valence-electron chi connectivity index (χ0n) is 8.54. The van der Waals surface area contributed by atoms with Crippen molar-refractivity contribution in [3.63, 3.8) is 0 Å². The molecule has 1 aromatic heterocycles. The van der Waals surface area contributed by atoms with Crippen molar-refractivity contribution in [1.29, 1.82) is 0 Å². The first kappa shape index (κ1) is 11.2. The van der Waals surface area contributed by atoms with E-state index in [0.717, 1.165) is 0 Å². The Morgan fingerprint density at radius 3 is 2.31 bits per heavy atom. The van der Waals surface area contributed by atoms with Gasteiger partial charge in [-0.25, -0.2) is 9.97 Å². The van der Waals surface area contributed by atoms with E-state index in [9.17, 15) is 8.78 Å². The second-order valence-corrected chi connectivity index (χ2v) is 3.77. The molecule has 0 spiro atoms. The van der Waals surface area contributed by atoms with Crippen LogP contribution in [0, 0.1) is 0 Å². The highest BCUT2D eigenvalue weighted by molar-refractivity contribution is 6.30. The Kier molecular flexibility index (Phi) is 2.76. The topological polar surface area (TPSA) is 25.8 Å². The number of nitrogens with zero attached hydrogens (tertiary/aromatic N) is 2. The van der Waals surface area contributed by atoms with Gasteiger partial charge in [-0.1, -0.05) is 30.7 Å². The number of benzene rings is 1. The molecule has 2 rings (SSSR count). The van der Waals surface area contributed by atoms with Gasteiger partial charge in [0.05, 0.1) is 11.0 Å². The van der Waals surface area contributed by atoms with Crippen LogP contribution in [-0.4, -0.2) is 9.97 Å². The summed E-state index contributed by atoms with van der Waals surface area (Å²) >= 11 is 5.71. The molecule has 0 amide bonds. The molecule has 1 aromatic carbocycles. The highest BCUT2D eigenvalue weighted by Crippen LogP contribution is 2.34. The van der Waals surface area contributed by atoms with Crippen molar-refractivity contribution >= 4 is 22.6 Å². The molecule has 16 heavy (non-hydrogen) atoms. The van der Waals surface area contributed by atoms with E-state index in [1.165, 1.54) is 6.92 Å². The number of fused-ring (bicyclic) bond motifs is 1. The molecular weight excluding hydrogens is 234 g/mol. The minimum atomic E-state index is -3.03. The van der Waals surface area contributed by atoms with E-state index in [2.05, 4.69) is 9.97 Å². The van der Waals surface area contributed by atoms with Crippen molar-refractivity contribution < 1.29 is 8.78 Å². The Morgan fingerprint density at radius 2 is 1.75 bits per heavy atom. The van der Waals surface area contributed by atoms with Crippen molar-refractivity contribution in [2.75, 3.05) is 0 Å². The number of para-hydroxylation sites is 2. The van der Waals surface area contributed by atoms with Crippen molar-refractivity contribution in [2.24, 2.45) is 0 Å². The first-order valence-electron chi connectivity index (χ1n) is 4.85. The molecule has 0 radical (unpaired) electrons. The smallest absolute Gasteiger partial charge is 0.242 e. The van der Waals surface area contributed by atoms with E-state index in [-0.39, 0.29) is 11.6 Å². The molecule has 0 aliphatic heterocycles. The molecule has 5 heteroatoms. The standard InChI is InChI=1S/C11H9ClF2N2/c1-2-11(13,14)9-10(12)16-8-6-4-3-5-7(8)15-9/h3-6H,2H2,1H3. The molecule has 2 aromatic rings. The van der Waals surface area contributed by atoms with Gasteiger partial charge >= 0.3 is 0 Å². The van der Waals surface area contributed by atoms with Crippen LogP contribution in [0.1, 0.15) is 19.0 Å². The van der Waals surface area contributed by atoms with Crippen molar-refractivity contribution in [3.05, 3.63) is 35.1 Å². The number of hydrogen-bond donors (Lipinski definition) is 0. The molecule has 0 atom stereocenters. The quantitative estimate of drug-likeness (QED) is 0.801. The van der Waals surface area contributed by atoms with Crippen LogP contribution in [0.3, 0.4) is 0 Å². The molecule has 1 heterocycles. The maximum absolute atomic E-state index is 13.5. The second-order valence-electron chi connectivity index (χ2n) is 3.41. The van der Waals surface area contributed by atoms with Gasteiger partial charge in [0.15, 0.2) is 5.15 Å². The SMILES string of the molecule is CCC(F)(F)c1nc2ccccc2nc1Cl. The Morgan fingerprint density at radius 1 is 1.19 bits per heavy atom. The Hall–Kier alpha value is -1.29. The van der Waals surface area contributed by atoms with Crippen LogP contribution < -0.4 is 0 Å². The normalized spacial score (nSPS) is 12.0.